The molecule has 16 heavy (non-hydrogen) atoms. The van der Waals surface area contributed by atoms with Crippen molar-refractivity contribution in [3.8, 4) is 0 Å². The molecule has 97 valence electrons. The minimum atomic E-state index is 0.929. The van der Waals surface area contributed by atoms with Crippen LogP contribution in [-0.2, 0) is 0 Å². The second kappa shape index (κ2) is 11.5. The van der Waals surface area contributed by atoms with Crippen LogP contribution >= 0.6 is 0 Å². The Morgan fingerprint density at radius 2 is 1.38 bits per heavy atom. The van der Waals surface area contributed by atoms with Gasteiger partial charge in [-0.3, -0.25) is 0 Å². The van der Waals surface area contributed by atoms with E-state index in [1.54, 1.807) is 0 Å². The van der Waals surface area contributed by atoms with Crippen molar-refractivity contribution in [1.29, 1.82) is 0 Å². The zero-order chi connectivity index (χ0) is 12.2. The first kappa shape index (κ1) is 16.0. The predicted octanol–water partition coefficient (Wildman–Crippen LogP) is 6.01. The minimum Gasteiger partial charge on any atom is -0.0654 e. The van der Waals surface area contributed by atoms with Gasteiger partial charge in [-0.25, -0.2) is 0 Å². The molecule has 0 bridgehead atoms. The van der Waals surface area contributed by atoms with Crippen molar-refractivity contribution in [2.75, 3.05) is 0 Å². The van der Waals surface area contributed by atoms with E-state index in [0.29, 0.717) is 0 Å². The molecule has 0 spiro atoms. The first-order valence-corrected chi connectivity index (χ1v) is 7.52. The SMILES string of the molecule is CCCC(C)CCC[CH]CCCC(C)CC. The summed E-state index contributed by atoms with van der Waals surface area (Å²) in [5, 5.41) is 0. The van der Waals surface area contributed by atoms with Gasteiger partial charge in [0.15, 0.2) is 0 Å². The van der Waals surface area contributed by atoms with Gasteiger partial charge in [0, 0.05) is 0 Å². The van der Waals surface area contributed by atoms with Crippen molar-refractivity contribution >= 4 is 0 Å². The van der Waals surface area contributed by atoms with Crippen molar-refractivity contribution in [2.24, 2.45) is 11.8 Å². The zero-order valence-corrected chi connectivity index (χ0v) is 12.1. The standard InChI is InChI=1S/C16H33/c1-5-12-16(4)14-11-9-7-8-10-13-15(3)6-2/h7,15-16H,5-6,8-14H2,1-4H3. The molecule has 0 N–H and O–H groups in total. The smallest absolute Gasteiger partial charge is 0.0386 e. The van der Waals surface area contributed by atoms with Gasteiger partial charge in [-0.1, -0.05) is 85.5 Å². The third-order valence-corrected chi connectivity index (χ3v) is 3.69. The maximum absolute atomic E-state index is 2.51. The van der Waals surface area contributed by atoms with Gasteiger partial charge in [0.25, 0.3) is 0 Å². The third-order valence-electron chi connectivity index (χ3n) is 3.69. The molecule has 0 aliphatic rings. The number of hydrogen-bond donors (Lipinski definition) is 0. The highest BCUT2D eigenvalue weighted by Crippen LogP contribution is 2.16. The Labute approximate surface area is 104 Å². The lowest BCUT2D eigenvalue weighted by Crippen LogP contribution is -1.94. The molecule has 0 aliphatic carbocycles. The molecule has 0 fully saturated rings. The Hall–Kier alpha value is 0. The fourth-order valence-electron chi connectivity index (χ4n) is 2.21. The van der Waals surface area contributed by atoms with Gasteiger partial charge < -0.3 is 0 Å². The Morgan fingerprint density at radius 1 is 0.812 bits per heavy atom. The topological polar surface area (TPSA) is 0 Å². The van der Waals surface area contributed by atoms with Crippen LogP contribution in [0.4, 0.5) is 0 Å². The molecule has 0 amide bonds. The molecular formula is C16H33. The molecule has 0 aromatic rings. The minimum absolute atomic E-state index is 0.929. The second-order valence-corrected chi connectivity index (χ2v) is 5.56. The Kier molecular flexibility index (Phi) is 11.5. The van der Waals surface area contributed by atoms with E-state index in [2.05, 4.69) is 34.1 Å². The molecule has 1 radical (unpaired) electrons. The predicted molar refractivity (Wildman–Crippen MR) is 75.5 cm³/mol. The molecule has 0 nitrogen and oxygen atoms in total. The van der Waals surface area contributed by atoms with Gasteiger partial charge in [0.05, 0.1) is 0 Å². The van der Waals surface area contributed by atoms with Crippen molar-refractivity contribution in [3.63, 3.8) is 0 Å². The molecule has 2 unspecified atom stereocenters. The molecule has 0 saturated heterocycles. The van der Waals surface area contributed by atoms with Crippen LogP contribution < -0.4 is 0 Å². The van der Waals surface area contributed by atoms with E-state index in [1.165, 1.54) is 57.8 Å². The monoisotopic (exact) mass is 225 g/mol. The van der Waals surface area contributed by atoms with E-state index in [1.807, 2.05) is 0 Å². The van der Waals surface area contributed by atoms with E-state index in [0.717, 1.165) is 11.8 Å². The summed E-state index contributed by atoms with van der Waals surface area (Å²) >= 11 is 0. The van der Waals surface area contributed by atoms with Gasteiger partial charge in [-0.15, -0.1) is 0 Å². The highest BCUT2D eigenvalue weighted by molar-refractivity contribution is 4.66. The average molecular weight is 225 g/mol. The molecule has 0 rings (SSSR count). The Bertz CT molecular complexity index is 128. The lowest BCUT2D eigenvalue weighted by molar-refractivity contribution is 0.461. The van der Waals surface area contributed by atoms with Gasteiger partial charge in [-0.2, -0.15) is 0 Å². The summed E-state index contributed by atoms with van der Waals surface area (Å²) in [6.07, 6.45) is 14.9. The lowest BCUT2D eigenvalue weighted by Gasteiger charge is -2.09. The zero-order valence-electron chi connectivity index (χ0n) is 12.1. The normalized spacial score (nSPS) is 15.0. The van der Waals surface area contributed by atoms with E-state index >= 15 is 0 Å². The maximum atomic E-state index is 2.51. The first-order chi connectivity index (χ1) is 7.70. The van der Waals surface area contributed by atoms with Crippen LogP contribution in [0.25, 0.3) is 0 Å². The maximum Gasteiger partial charge on any atom is -0.0386 e. The van der Waals surface area contributed by atoms with E-state index in [4.69, 9.17) is 0 Å². The highest BCUT2D eigenvalue weighted by atomic mass is 14.1. The van der Waals surface area contributed by atoms with Crippen LogP contribution in [0.5, 0.6) is 0 Å². The van der Waals surface area contributed by atoms with Crippen molar-refractivity contribution in [3.05, 3.63) is 6.42 Å². The molecule has 2 atom stereocenters. The second-order valence-electron chi connectivity index (χ2n) is 5.56. The summed E-state index contributed by atoms with van der Waals surface area (Å²) in [6.45, 7) is 9.35. The summed E-state index contributed by atoms with van der Waals surface area (Å²) in [7, 11) is 0. The van der Waals surface area contributed by atoms with Crippen LogP contribution in [0.1, 0.15) is 85.5 Å². The van der Waals surface area contributed by atoms with E-state index in [9.17, 15) is 0 Å². The van der Waals surface area contributed by atoms with Crippen LogP contribution in [-0.4, -0.2) is 0 Å². The number of hydrogen-bond acceptors (Lipinski definition) is 0. The summed E-state index contributed by atoms with van der Waals surface area (Å²) in [5.74, 6) is 1.87. The van der Waals surface area contributed by atoms with Gasteiger partial charge in [0.1, 0.15) is 0 Å². The quantitative estimate of drug-likeness (QED) is 0.377. The van der Waals surface area contributed by atoms with Crippen LogP contribution in [0.2, 0.25) is 0 Å². The average Bonchev–Trinajstić information content (AvgIpc) is 2.27. The third kappa shape index (κ3) is 10.5. The first-order valence-electron chi connectivity index (χ1n) is 7.52. The highest BCUT2D eigenvalue weighted by Gasteiger charge is 2.01. The molecule has 0 heterocycles. The van der Waals surface area contributed by atoms with Crippen molar-refractivity contribution < 1.29 is 0 Å². The summed E-state index contributed by atoms with van der Waals surface area (Å²) in [6, 6.07) is 0. The summed E-state index contributed by atoms with van der Waals surface area (Å²) in [4.78, 5) is 0. The molecule has 0 aromatic carbocycles. The Morgan fingerprint density at radius 3 is 1.88 bits per heavy atom. The van der Waals surface area contributed by atoms with Crippen LogP contribution in [0, 0.1) is 18.3 Å². The van der Waals surface area contributed by atoms with Gasteiger partial charge >= 0.3 is 0 Å². The summed E-state index contributed by atoms with van der Waals surface area (Å²) < 4.78 is 0. The Balaban J connectivity index is 3.09. The lowest BCUT2D eigenvalue weighted by atomic mass is 9.97. The van der Waals surface area contributed by atoms with Gasteiger partial charge in [-0.05, 0) is 18.3 Å². The summed E-state index contributed by atoms with van der Waals surface area (Å²) in [5.41, 5.74) is 0. The van der Waals surface area contributed by atoms with Gasteiger partial charge in [0.2, 0.25) is 0 Å². The molecule has 0 heteroatoms. The van der Waals surface area contributed by atoms with Crippen LogP contribution in [0.3, 0.4) is 0 Å². The van der Waals surface area contributed by atoms with Crippen molar-refractivity contribution in [2.45, 2.75) is 85.5 Å². The number of unbranched alkanes of at least 4 members (excludes halogenated alkanes) is 4. The fourth-order valence-corrected chi connectivity index (χ4v) is 2.21. The van der Waals surface area contributed by atoms with E-state index < -0.39 is 0 Å². The van der Waals surface area contributed by atoms with E-state index in [-0.39, 0.29) is 0 Å². The van der Waals surface area contributed by atoms with Crippen LogP contribution in [0.15, 0.2) is 0 Å². The molecule has 0 aliphatic heterocycles. The number of rotatable bonds is 11. The van der Waals surface area contributed by atoms with Crippen molar-refractivity contribution in [1.82, 2.24) is 0 Å². The molecule has 0 saturated carbocycles. The fraction of sp³-hybridized carbons (Fsp3) is 0.938. The largest absolute Gasteiger partial charge is 0.0654 e. The molecular weight excluding hydrogens is 192 g/mol. The molecule has 0 aromatic heterocycles.